The Labute approximate surface area is 160 Å². The lowest BCUT2D eigenvalue weighted by atomic mass is 10.1. The first-order valence-corrected chi connectivity index (χ1v) is 7.95. The molecule has 0 saturated heterocycles. The van der Waals surface area contributed by atoms with Gasteiger partial charge in [-0.15, -0.1) is 24.0 Å². The molecule has 0 aliphatic heterocycles. The van der Waals surface area contributed by atoms with E-state index in [0.29, 0.717) is 31.0 Å². The van der Waals surface area contributed by atoms with Crippen molar-refractivity contribution in [2.24, 2.45) is 4.99 Å². The molecule has 0 aliphatic rings. The Hall–Kier alpha value is -1.38. The minimum absolute atomic E-state index is 0. The third-order valence-corrected chi connectivity index (χ3v) is 3.58. The summed E-state index contributed by atoms with van der Waals surface area (Å²) in [4.78, 5) is 15.8. The van der Waals surface area contributed by atoms with E-state index in [1.807, 2.05) is 19.9 Å². The fourth-order valence-corrected chi connectivity index (χ4v) is 1.90. The van der Waals surface area contributed by atoms with Crippen LogP contribution in [-0.4, -0.2) is 31.5 Å². The van der Waals surface area contributed by atoms with E-state index in [1.54, 1.807) is 20.0 Å². The van der Waals surface area contributed by atoms with E-state index in [2.05, 4.69) is 20.9 Å². The summed E-state index contributed by atoms with van der Waals surface area (Å²) in [7, 11) is 1.66. The maximum atomic E-state index is 13.5. The number of carbonyl (C=O) groups is 1. The number of guanidine groups is 1. The van der Waals surface area contributed by atoms with Gasteiger partial charge in [0.05, 0.1) is 0 Å². The number of carbonyl (C=O) groups excluding carboxylic acids is 1. The number of hydrogen-bond acceptors (Lipinski definition) is 2. The minimum atomic E-state index is -0.214. The van der Waals surface area contributed by atoms with Gasteiger partial charge in [-0.25, -0.2) is 4.39 Å². The molecule has 3 N–H and O–H groups in total. The number of aryl methyl sites for hydroxylation is 1. The Balaban J connectivity index is 0.00000529. The van der Waals surface area contributed by atoms with Crippen molar-refractivity contribution < 1.29 is 9.18 Å². The maximum Gasteiger partial charge on any atom is 0.221 e. The fraction of sp³-hybridized carbons (Fsp3) is 0.529. The SMILES string of the molecule is CCC(C)NC(=O)CCNC(=NC)NCc1ccc(C)c(F)c1.I. The number of nitrogens with zero attached hydrogens (tertiary/aromatic N) is 1. The normalized spacial score (nSPS) is 12.1. The standard InChI is InChI=1S/C17H27FN4O.HI/c1-5-13(3)22-16(23)8-9-20-17(19-4)21-11-14-7-6-12(2)15(18)10-14;/h6-7,10,13H,5,8-9,11H2,1-4H3,(H,22,23)(H2,19,20,21);1H. The molecule has 0 radical (unpaired) electrons. The van der Waals surface area contributed by atoms with Gasteiger partial charge in [-0.3, -0.25) is 9.79 Å². The number of rotatable bonds is 7. The molecule has 7 heteroatoms. The Bertz CT molecular complexity index is 551. The molecular weight excluding hydrogens is 422 g/mol. The van der Waals surface area contributed by atoms with E-state index in [-0.39, 0.29) is 41.7 Å². The Morgan fingerprint density at radius 1 is 1.33 bits per heavy atom. The number of amides is 1. The first-order valence-electron chi connectivity index (χ1n) is 7.95. The predicted molar refractivity (Wildman–Crippen MR) is 107 cm³/mol. The first-order chi connectivity index (χ1) is 11.0. The highest BCUT2D eigenvalue weighted by Gasteiger charge is 2.06. The highest BCUT2D eigenvalue weighted by atomic mass is 127. The molecular formula is C17H28FIN4O. The van der Waals surface area contributed by atoms with Crippen molar-refractivity contribution in [3.63, 3.8) is 0 Å². The quantitative estimate of drug-likeness (QED) is 0.340. The van der Waals surface area contributed by atoms with Crippen molar-refractivity contribution in [1.29, 1.82) is 0 Å². The van der Waals surface area contributed by atoms with E-state index in [4.69, 9.17) is 0 Å². The van der Waals surface area contributed by atoms with Gasteiger partial charge in [-0.05, 0) is 37.5 Å². The molecule has 136 valence electrons. The molecule has 1 amide bonds. The average Bonchev–Trinajstić information content (AvgIpc) is 2.53. The third kappa shape index (κ3) is 8.47. The number of aliphatic imine (C=N–C) groups is 1. The Morgan fingerprint density at radius 2 is 2.04 bits per heavy atom. The molecule has 5 nitrogen and oxygen atoms in total. The number of nitrogens with one attached hydrogen (secondary N) is 3. The number of halogens is 2. The van der Waals surface area contributed by atoms with Crippen LogP contribution in [0.1, 0.15) is 37.8 Å². The summed E-state index contributed by atoms with van der Waals surface area (Å²) in [6.45, 7) is 6.70. The highest BCUT2D eigenvalue weighted by molar-refractivity contribution is 14.0. The van der Waals surface area contributed by atoms with E-state index < -0.39 is 0 Å². The van der Waals surface area contributed by atoms with Crippen LogP contribution in [0.2, 0.25) is 0 Å². The van der Waals surface area contributed by atoms with Gasteiger partial charge in [-0.1, -0.05) is 19.1 Å². The molecule has 0 heterocycles. The predicted octanol–water partition coefficient (Wildman–Crippen LogP) is 2.72. The van der Waals surface area contributed by atoms with Crippen LogP contribution in [0.5, 0.6) is 0 Å². The minimum Gasteiger partial charge on any atom is -0.356 e. The molecule has 1 aromatic rings. The summed E-state index contributed by atoms with van der Waals surface area (Å²) in [6.07, 6.45) is 1.29. The average molecular weight is 450 g/mol. The van der Waals surface area contributed by atoms with E-state index in [9.17, 15) is 9.18 Å². The Kier molecular flexibility index (Phi) is 11.4. The molecule has 0 aromatic heterocycles. The summed E-state index contributed by atoms with van der Waals surface area (Å²) in [5, 5.41) is 9.08. The first kappa shape index (κ1) is 22.6. The van der Waals surface area contributed by atoms with Crippen LogP contribution in [0.4, 0.5) is 4.39 Å². The zero-order valence-corrected chi connectivity index (χ0v) is 17.1. The van der Waals surface area contributed by atoms with Crippen molar-refractivity contribution in [2.45, 2.75) is 46.2 Å². The number of hydrogen-bond donors (Lipinski definition) is 3. The molecule has 1 aromatic carbocycles. The van der Waals surface area contributed by atoms with Crippen LogP contribution in [0, 0.1) is 12.7 Å². The molecule has 24 heavy (non-hydrogen) atoms. The van der Waals surface area contributed by atoms with Crippen LogP contribution in [0.15, 0.2) is 23.2 Å². The maximum absolute atomic E-state index is 13.5. The van der Waals surface area contributed by atoms with E-state index in [0.717, 1.165) is 12.0 Å². The second-order valence-corrected chi connectivity index (χ2v) is 5.56. The number of benzene rings is 1. The monoisotopic (exact) mass is 450 g/mol. The summed E-state index contributed by atoms with van der Waals surface area (Å²) in [5.41, 5.74) is 1.47. The second kappa shape index (κ2) is 12.0. The zero-order chi connectivity index (χ0) is 17.2. The van der Waals surface area contributed by atoms with Crippen molar-refractivity contribution in [3.8, 4) is 0 Å². The van der Waals surface area contributed by atoms with Crippen LogP contribution < -0.4 is 16.0 Å². The zero-order valence-electron chi connectivity index (χ0n) is 14.8. The lowest BCUT2D eigenvalue weighted by molar-refractivity contribution is -0.121. The highest BCUT2D eigenvalue weighted by Crippen LogP contribution is 2.08. The van der Waals surface area contributed by atoms with Crippen LogP contribution >= 0.6 is 24.0 Å². The molecule has 1 unspecified atom stereocenters. The van der Waals surface area contributed by atoms with Crippen molar-refractivity contribution in [2.75, 3.05) is 13.6 Å². The molecule has 0 fully saturated rings. The van der Waals surface area contributed by atoms with E-state index >= 15 is 0 Å². The molecule has 0 aliphatic carbocycles. The topological polar surface area (TPSA) is 65.5 Å². The van der Waals surface area contributed by atoms with Crippen LogP contribution in [0.3, 0.4) is 0 Å². The smallest absolute Gasteiger partial charge is 0.221 e. The van der Waals surface area contributed by atoms with Gasteiger partial charge in [0.1, 0.15) is 5.82 Å². The van der Waals surface area contributed by atoms with Crippen LogP contribution in [-0.2, 0) is 11.3 Å². The van der Waals surface area contributed by atoms with Gasteiger partial charge in [0.15, 0.2) is 5.96 Å². The van der Waals surface area contributed by atoms with Gasteiger partial charge in [0.2, 0.25) is 5.91 Å². The largest absolute Gasteiger partial charge is 0.356 e. The van der Waals surface area contributed by atoms with Crippen molar-refractivity contribution in [3.05, 3.63) is 35.1 Å². The second-order valence-electron chi connectivity index (χ2n) is 5.56. The summed E-state index contributed by atoms with van der Waals surface area (Å²) in [6, 6.07) is 5.33. The fourth-order valence-electron chi connectivity index (χ4n) is 1.90. The molecule has 0 saturated carbocycles. The molecule has 1 rings (SSSR count). The van der Waals surface area contributed by atoms with Gasteiger partial charge < -0.3 is 16.0 Å². The Morgan fingerprint density at radius 3 is 2.62 bits per heavy atom. The molecule has 0 spiro atoms. The summed E-state index contributed by atoms with van der Waals surface area (Å²) in [5.74, 6) is 0.388. The summed E-state index contributed by atoms with van der Waals surface area (Å²) >= 11 is 0. The van der Waals surface area contributed by atoms with E-state index in [1.165, 1.54) is 6.07 Å². The molecule has 1 atom stereocenters. The summed E-state index contributed by atoms with van der Waals surface area (Å²) < 4.78 is 13.5. The van der Waals surface area contributed by atoms with Crippen molar-refractivity contribution >= 4 is 35.8 Å². The lowest BCUT2D eigenvalue weighted by Gasteiger charge is -2.14. The van der Waals surface area contributed by atoms with Gasteiger partial charge in [0.25, 0.3) is 0 Å². The van der Waals surface area contributed by atoms with Gasteiger partial charge >= 0.3 is 0 Å². The van der Waals surface area contributed by atoms with Crippen molar-refractivity contribution in [1.82, 2.24) is 16.0 Å². The molecule has 0 bridgehead atoms. The third-order valence-electron chi connectivity index (χ3n) is 3.58. The van der Waals surface area contributed by atoms with Gasteiger partial charge in [0, 0.05) is 32.6 Å². The van der Waals surface area contributed by atoms with Crippen LogP contribution in [0.25, 0.3) is 0 Å². The van der Waals surface area contributed by atoms with Gasteiger partial charge in [-0.2, -0.15) is 0 Å². The lowest BCUT2D eigenvalue weighted by Crippen LogP contribution is -2.40.